The molecule has 8 heteroatoms. The van der Waals surface area contributed by atoms with E-state index < -0.39 is 0 Å². The first-order chi connectivity index (χ1) is 12.6. The summed E-state index contributed by atoms with van der Waals surface area (Å²) in [6, 6.07) is 7.18. The van der Waals surface area contributed by atoms with Gasteiger partial charge < -0.3 is 9.42 Å². The zero-order valence-corrected chi connectivity index (χ0v) is 14.5. The first kappa shape index (κ1) is 16.4. The molecule has 1 aromatic carbocycles. The van der Waals surface area contributed by atoms with Gasteiger partial charge in [0.15, 0.2) is 5.82 Å². The fourth-order valence-corrected chi connectivity index (χ4v) is 3.40. The average Bonchev–Trinajstić information content (AvgIpc) is 3.11. The standard InChI is InChI=1S/C18H19N5O3/c1-12-20-18(26-21-12)13-5-4-8-22(10-13)17(25)11-23-15-7-3-2-6-14(15)16(24)9-19-23/h2-3,6-7,9,13H,4-5,8,10-11H2,1H3. The lowest BCUT2D eigenvalue weighted by Gasteiger charge is -2.31. The highest BCUT2D eigenvalue weighted by Crippen LogP contribution is 2.25. The van der Waals surface area contributed by atoms with Crippen molar-refractivity contribution < 1.29 is 9.32 Å². The molecule has 0 radical (unpaired) electrons. The van der Waals surface area contributed by atoms with Crippen LogP contribution in [-0.4, -0.2) is 43.8 Å². The van der Waals surface area contributed by atoms with E-state index in [0.717, 1.165) is 12.8 Å². The van der Waals surface area contributed by atoms with Gasteiger partial charge in [0.05, 0.1) is 17.6 Å². The molecule has 3 heterocycles. The smallest absolute Gasteiger partial charge is 0.244 e. The van der Waals surface area contributed by atoms with Crippen LogP contribution in [0.5, 0.6) is 0 Å². The maximum Gasteiger partial charge on any atom is 0.244 e. The Kier molecular flexibility index (Phi) is 4.24. The number of carbonyl (C=O) groups excluding carboxylic acids is 1. The Hall–Kier alpha value is -3.03. The Morgan fingerprint density at radius 2 is 2.19 bits per heavy atom. The number of fused-ring (bicyclic) bond motifs is 1. The molecule has 1 saturated heterocycles. The van der Waals surface area contributed by atoms with Crippen molar-refractivity contribution in [1.82, 2.24) is 24.8 Å². The van der Waals surface area contributed by atoms with Crippen LogP contribution < -0.4 is 5.43 Å². The van der Waals surface area contributed by atoms with Crippen LogP contribution in [-0.2, 0) is 11.3 Å². The predicted octanol–water partition coefficient (Wildman–Crippen LogP) is 1.49. The van der Waals surface area contributed by atoms with Gasteiger partial charge in [0, 0.05) is 18.5 Å². The first-order valence-corrected chi connectivity index (χ1v) is 8.64. The zero-order chi connectivity index (χ0) is 18.1. The number of likely N-dealkylation sites (tertiary alicyclic amines) is 1. The maximum absolute atomic E-state index is 12.8. The van der Waals surface area contributed by atoms with Crippen molar-refractivity contribution in [2.45, 2.75) is 32.2 Å². The van der Waals surface area contributed by atoms with Crippen LogP contribution in [0.4, 0.5) is 0 Å². The molecule has 26 heavy (non-hydrogen) atoms. The largest absolute Gasteiger partial charge is 0.340 e. The molecular formula is C18H19N5O3. The number of hydrogen-bond acceptors (Lipinski definition) is 6. The maximum atomic E-state index is 12.8. The molecule has 2 aromatic heterocycles. The number of carbonyl (C=O) groups is 1. The second-order valence-electron chi connectivity index (χ2n) is 6.54. The minimum Gasteiger partial charge on any atom is -0.340 e. The van der Waals surface area contributed by atoms with Crippen molar-refractivity contribution >= 4 is 16.8 Å². The van der Waals surface area contributed by atoms with Gasteiger partial charge in [0.25, 0.3) is 0 Å². The van der Waals surface area contributed by atoms with Crippen molar-refractivity contribution in [3.05, 3.63) is 52.4 Å². The average molecular weight is 353 g/mol. The number of aromatic nitrogens is 4. The summed E-state index contributed by atoms with van der Waals surface area (Å²) in [6.45, 7) is 3.13. The third kappa shape index (κ3) is 3.10. The van der Waals surface area contributed by atoms with E-state index in [2.05, 4.69) is 15.2 Å². The van der Waals surface area contributed by atoms with Gasteiger partial charge in [0.1, 0.15) is 6.54 Å². The van der Waals surface area contributed by atoms with E-state index in [-0.39, 0.29) is 23.8 Å². The van der Waals surface area contributed by atoms with E-state index >= 15 is 0 Å². The Morgan fingerprint density at radius 1 is 1.35 bits per heavy atom. The molecular weight excluding hydrogens is 334 g/mol. The van der Waals surface area contributed by atoms with Crippen LogP contribution in [0.25, 0.3) is 10.9 Å². The van der Waals surface area contributed by atoms with E-state index in [9.17, 15) is 9.59 Å². The van der Waals surface area contributed by atoms with Crippen LogP contribution in [0.2, 0.25) is 0 Å². The molecule has 1 fully saturated rings. The molecule has 0 bridgehead atoms. The third-order valence-corrected chi connectivity index (χ3v) is 4.71. The number of piperidine rings is 1. The molecule has 0 spiro atoms. The van der Waals surface area contributed by atoms with Crippen molar-refractivity contribution in [2.75, 3.05) is 13.1 Å². The highest BCUT2D eigenvalue weighted by molar-refractivity contribution is 5.81. The van der Waals surface area contributed by atoms with E-state index in [1.54, 1.807) is 29.8 Å². The molecule has 0 saturated carbocycles. The van der Waals surface area contributed by atoms with Crippen LogP contribution in [0.15, 0.2) is 39.8 Å². The van der Waals surface area contributed by atoms with Gasteiger partial charge in [-0.05, 0) is 31.9 Å². The topological polar surface area (TPSA) is 94.1 Å². The lowest BCUT2D eigenvalue weighted by Crippen LogP contribution is -2.41. The van der Waals surface area contributed by atoms with Crippen molar-refractivity contribution in [3.8, 4) is 0 Å². The number of amides is 1. The Morgan fingerprint density at radius 3 is 3.00 bits per heavy atom. The summed E-state index contributed by atoms with van der Waals surface area (Å²) in [5.74, 6) is 1.22. The van der Waals surface area contributed by atoms with Crippen molar-refractivity contribution in [3.63, 3.8) is 0 Å². The van der Waals surface area contributed by atoms with Gasteiger partial charge in [0.2, 0.25) is 17.2 Å². The van der Waals surface area contributed by atoms with Crippen molar-refractivity contribution in [1.29, 1.82) is 0 Å². The predicted molar refractivity (Wildman–Crippen MR) is 93.6 cm³/mol. The van der Waals surface area contributed by atoms with Gasteiger partial charge >= 0.3 is 0 Å². The fraction of sp³-hybridized carbons (Fsp3) is 0.389. The molecule has 1 atom stereocenters. The normalized spacial score (nSPS) is 17.6. The highest BCUT2D eigenvalue weighted by Gasteiger charge is 2.28. The second-order valence-corrected chi connectivity index (χ2v) is 6.54. The third-order valence-electron chi connectivity index (χ3n) is 4.71. The summed E-state index contributed by atoms with van der Waals surface area (Å²) in [6.07, 6.45) is 3.07. The van der Waals surface area contributed by atoms with Crippen molar-refractivity contribution in [2.24, 2.45) is 0 Å². The monoisotopic (exact) mass is 353 g/mol. The molecule has 1 aliphatic rings. The van der Waals surface area contributed by atoms with E-state index in [0.29, 0.717) is 35.7 Å². The summed E-state index contributed by atoms with van der Waals surface area (Å²) < 4.78 is 6.85. The summed E-state index contributed by atoms with van der Waals surface area (Å²) >= 11 is 0. The highest BCUT2D eigenvalue weighted by atomic mass is 16.5. The van der Waals surface area contributed by atoms with E-state index in [4.69, 9.17) is 4.52 Å². The lowest BCUT2D eigenvalue weighted by molar-refractivity contribution is -0.133. The molecule has 0 N–H and O–H groups in total. The van der Waals surface area contributed by atoms with Gasteiger partial charge in [-0.25, -0.2) is 0 Å². The Labute approximate surface area is 149 Å². The number of aryl methyl sites for hydroxylation is 1. The van der Waals surface area contributed by atoms with Crippen LogP contribution in [0, 0.1) is 6.92 Å². The Bertz CT molecular complexity index is 1010. The molecule has 134 valence electrons. The molecule has 1 unspecified atom stereocenters. The molecule has 8 nitrogen and oxygen atoms in total. The minimum atomic E-state index is -0.144. The molecule has 1 amide bonds. The van der Waals surface area contributed by atoms with Crippen LogP contribution >= 0.6 is 0 Å². The molecule has 3 aromatic rings. The molecule has 4 rings (SSSR count). The number of benzene rings is 1. The van der Waals surface area contributed by atoms with Gasteiger partial charge in [-0.1, -0.05) is 17.3 Å². The number of nitrogens with zero attached hydrogens (tertiary/aromatic N) is 5. The van der Waals surface area contributed by atoms with Crippen LogP contribution in [0.1, 0.15) is 30.5 Å². The van der Waals surface area contributed by atoms with Crippen LogP contribution in [0.3, 0.4) is 0 Å². The lowest BCUT2D eigenvalue weighted by atomic mass is 9.98. The fourth-order valence-electron chi connectivity index (χ4n) is 3.40. The summed E-state index contributed by atoms with van der Waals surface area (Å²) in [5.41, 5.74) is 0.517. The summed E-state index contributed by atoms with van der Waals surface area (Å²) in [7, 11) is 0. The van der Waals surface area contributed by atoms with Gasteiger partial charge in [-0.15, -0.1) is 0 Å². The minimum absolute atomic E-state index is 0.0350. The number of para-hydroxylation sites is 1. The Balaban J connectivity index is 1.53. The molecule has 1 aliphatic heterocycles. The molecule has 0 aliphatic carbocycles. The quantitative estimate of drug-likeness (QED) is 0.708. The van der Waals surface area contributed by atoms with Gasteiger partial charge in [-0.3, -0.25) is 14.3 Å². The summed E-state index contributed by atoms with van der Waals surface area (Å²) in [5, 5.41) is 8.54. The second kappa shape index (κ2) is 6.70. The number of hydrogen-bond donors (Lipinski definition) is 0. The van der Waals surface area contributed by atoms with E-state index in [1.165, 1.54) is 6.20 Å². The first-order valence-electron chi connectivity index (χ1n) is 8.64. The number of rotatable bonds is 3. The summed E-state index contributed by atoms with van der Waals surface area (Å²) in [4.78, 5) is 30.8. The zero-order valence-electron chi connectivity index (χ0n) is 14.5. The SMILES string of the molecule is Cc1noc(C2CCCN(C(=O)Cn3ncc(=O)c4ccccc43)C2)n1. The van der Waals surface area contributed by atoms with Gasteiger partial charge in [-0.2, -0.15) is 10.1 Å². The van der Waals surface area contributed by atoms with E-state index in [1.807, 2.05) is 11.0 Å².